The fourth-order valence-corrected chi connectivity index (χ4v) is 5.43. The Morgan fingerprint density at radius 1 is 1.47 bits per heavy atom. The third kappa shape index (κ3) is 2.86. The van der Waals surface area contributed by atoms with Gasteiger partial charge in [-0.1, -0.05) is 6.07 Å². The number of rotatable bonds is 3. The van der Waals surface area contributed by atoms with E-state index in [1.807, 2.05) is 26.0 Å². The van der Waals surface area contributed by atoms with Gasteiger partial charge < -0.3 is 5.73 Å². The summed E-state index contributed by atoms with van der Waals surface area (Å²) in [4.78, 5) is 0.336. The zero-order chi connectivity index (χ0) is 14.2. The molecule has 2 rings (SSSR count). The van der Waals surface area contributed by atoms with Gasteiger partial charge in [-0.25, -0.2) is 8.42 Å². The van der Waals surface area contributed by atoms with Crippen molar-refractivity contribution in [1.82, 2.24) is 4.31 Å². The minimum Gasteiger partial charge on any atom is -0.330 e. The molecule has 0 radical (unpaired) electrons. The summed E-state index contributed by atoms with van der Waals surface area (Å²) in [5, 5.41) is 0. The summed E-state index contributed by atoms with van der Waals surface area (Å²) in [5.41, 5.74) is 6.69. The van der Waals surface area contributed by atoms with Gasteiger partial charge in [0.05, 0.1) is 4.90 Å². The number of aryl methyl sites for hydroxylation is 1. The fourth-order valence-electron chi connectivity index (χ4n) is 2.56. The molecule has 19 heavy (non-hydrogen) atoms. The van der Waals surface area contributed by atoms with Crippen molar-refractivity contribution in [2.75, 3.05) is 13.1 Å². The van der Waals surface area contributed by atoms with E-state index in [0.29, 0.717) is 22.5 Å². The molecule has 0 bridgehead atoms. The number of hydrogen-bond donors (Lipinski definition) is 1. The normalized spacial score (nSPS) is 24.8. The molecule has 1 aliphatic heterocycles. The van der Waals surface area contributed by atoms with E-state index in [2.05, 4.69) is 15.9 Å². The molecule has 0 aliphatic carbocycles. The first-order chi connectivity index (χ1) is 8.86. The SMILES string of the molecule is Cc1ccc(S(=O)(=O)N2CC(CN)CC2C)c(Br)c1. The van der Waals surface area contributed by atoms with E-state index < -0.39 is 10.0 Å². The molecule has 6 heteroatoms. The number of nitrogens with zero attached hydrogens (tertiary/aromatic N) is 1. The molecule has 0 aromatic heterocycles. The highest BCUT2D eigenvalue weighted by Gasteiger charge is 2.37. The maximum Gasteiger partial charge on any atom is 0.244 e. The lowest BCUT2D eigenvalue weighted by Gasteiger charge is -2.21. The number of halogens is 1. The van der Waals surface area contributed by atoms with Crippen LogP contribution in [0.15, 0.2) is 27.6 Å². The number of sulfonamides is 1. The second kappa shape index (κ2) is 5.52. The Bertz CT molecular complexity index is 574. The van der Waals surface area contributed by atoms with Gasteiger partial charge >= 0.3 is 0 Å². The van der Waals surface area contributed by atoms with Crippen molar-refractivity contribution in [2.24, 2.45) is 11.7 Å². The molecule has 2 unspecified atom stereocenters. The predicted molar refractivity (Wildman–Crippen MR) is 79.4 cm³/mol. The Morgan fingerprint density at radius 2 is 2.16 bits per heavy atom. The van der Waals surface area contributed by atoms with Gasteiger partial charge in [0.15, 0.2) is 0 Å². The smallest absolute Gasteiger partial charge is 0.244 e. The van der Waals surface area contributed by atoms with Crippen LogP contribution < -0.4 is 5.73 Å². The lowest BCUT2D eigenvalue weighted by Crippen LogP contribution is -2.34. The average Bonchev–Trinajstić information content (AvgIpc) is 2.70. The van der Waals surface area contributed by atoms with E-state index in [4.69, 9.17) is 5.73 Å². The summed E-state index contributed by atoms with van der Waals surface area (Å²) in [5.74, 6) is 0.258. The van der Waals surface area contributed by atoms with Gasteiger partial charge in [-0.15, -0.1) is 0 Å². The molecular formula is C13H19BrN2O2S. The van der Waals surface area contributed by atoms with Gasteiger partial charge in [0.25, 0.3) is 0 Å². The third-order valence-electron chi connectivity index (χ3n) is 3.61. The lowest BCUT2D eigenvalue weighted by molar-refractivity contribution is 0.404. The van der Waals surface area contributed by atoms with Crippen LogP contribution in [0.3, 0.4) is 0 Å². The van der Waals surface area contributed by atoms with Crippen molar-refractivity contribution >= 4 is 26.0 Å². The third-order valence-corrected chi connectivity index (χ3v) is 6.57. The highest BCUT2D eigenvalue weighted by molar-refractivity contribution is 9.10. The van der Waals surface area contributed by atoms with Gasteiger partial charge in [0, 0.05) is 17.1 Å². The molecule has 0 amide bonds. The molecule has 1 saturated heterocycles. The Morgan fingerprint density at radius 3 is 2.68 bits per heavy atom. The minimum absolute atomic E-state index is 0.00625. The van der Waals surface area contributed by atoms with Crippen molar-refractivity contribution < 1.29 is 8.42 Å². The van der Waals surface area contributed by atoms with E-state index in [-0.39, 0.29) is 12.0 Å². The summed E-state index contributed by atoms with van der Waals surface area (Å²) in [7, 11) is -3.45. The van der Waals surface area contributed by atoms with Gasteiger partial charge in [-0.2, -0.15) is 4.31 Å². The van der Waals surface area contributed by atoms with Crippen LogP contribution in [0.5, 0.6) is 0 Å². The molecule has 106 valence electrons. The van der Waals surface area contributed by atoms with E-state index in [1.165, 1.54) is 0 Å². The van der Waals surface area contributed by atoms with Crippen LogP contribution in [0, 0.1) is 12.8 Å². The molecule has 1 aromatic rings. The Hall–Kier alpha value is -0.430. The molecular weight excluding hydrogens is 328 g/mol. The standard InChI is InChI=1S/C13H19BrN2O2S/c1-9-3-4-13(12(14)5-9)19(17,18)16-8-11(7-15)6-10(16)2/h3-5,10-11H,6-8,15H2,1-2H3. The van der Waals surface area contributed by atoms with Crippen LogP contribution >= 0.6 is 15.9 Å². The minimum atomic E-state index is -3.45. The summed E-state index contributed by atoms with van der Waals surface area (Å²) in [6.07, 6.45) is 0.833. The number of benzene rings is 1. The van der Waals surface area contributed by atoms with Crippen LogP contribution in [0.1, 0.15) is 18.9 Å². The van der Waals surface area contributed by atoms with Gasteiger partial charge in [0.2, 0.25) is 10.0 Å². The summed E-state index contributed by atoms with van der Waals surface area (Å²) in [6, 6.07) is 5.32. The molecule has 0 spiro atoms. The molecule has 2 atom stereocenters. The summed E-state index contributed by atoms with van der Waals surface area (Å²) in [6.45, 7) is 4.92. The molecule has 1 aliphatic rings. The van der Waals surface area contributed by atoms with Gasteiger partial charge in [0.1, 0.15) is 0 Å². The molecule has 2 N–H and O–H groups in total. The maximum atomic E-state index is 12.7. The van der Waals surface area contributed by atoms with Crippen LogP contribution in [0.4, 0.5) is 0 Å². The predicted octanol–water partition coefficient (Wildman–Crippen LogP) is 2.12. The van der Waals surface area contributed by atoms with Crippen LogP contribution in [0.2, 0.25) is 0 Å². The maximum absolute atomic E-state index is 12.7. The monoisotopic (exact) mass is 346 g/mol. The quantitative estimate of drug-likeness (QED) is 0.911. The summed E-state index contributed by atoms with van der Waals surface area (Å²) < 4.78 is 27.6. The van der Waals surface area contributed by atoms with E-state index in [1.54, 1.807) is 10.4 Å². The number of hydrogen-bond acceptors (Lipinski definition) is 3. The summed E-state index contributed by atoms with van der Waals surface area (Å²) >= 11 is 3.35. The van der Waals surface area contributed by atoms with Crippen molar-refractivity contribution in [1.29, 1.82) is 0 Å². The lowest BCUT2D eigenvalue weighted by atomic mass is 10.1. The van der Waals surface area contributed by atoms with Crippen molar-refractivity contribution in [3.05, 3.63) is 28.2 Å². The fraction of sp³-hybridized carbons (Fsp3) is 0.538. The van der Waals surface area contributed by atoms with E-state index in [0.717, 1.165) is 12.0 Å². The molecule has 0 saturated carbocycles. The van der Waals surface area contributed by atoms with Crippen LogP contribution in [0.25, 0.3) is 0 Å². The van der Waals surface area contributed by atoms with Crippen LogP contribution in [-0.2, 0) is 10.0 Å². The first kappa shape index (κ1) is 15.0. The van der Waals surface area contributed by atoms with E-state index >= 15 is 0 Å². The zero-order valence-electron chi connectivity index (χ0n) is 11.1. The molecule has 1 heterocycles. The zero-order valence-corrected chi connectivity index (χ0v) is 13.5. The van der Waals surface area contributed by atoms with Gasteiger partial charge in [-0.05, 0) is 66.4 Å². The molecule has 4 nitrogen and oxygen atoms in total. The van der Waals surface area contributed by atoms with Crippen molar-refractivity contribution in [3.63, 3.8) is 0 Å². The number of nitrogens with two attached hydrogens (primary N) is 1. The van der Waals surface area contributed by atoms with E-state index in [9.17, 15) is 8.42 Å². The first-order valence-electron chi connectivity index (χ1n) is 6.34. The largest absolute Gasteiger partial charge is 0.330 e. The first-order valence-corrected chi connectivity index (χ1v) is 8.57. The second-order valence-corrected chi connectivity index (χ2v) is 7.91. The Kier molecular flexibility index (Phi) is 4.35. The van der Waals surface area contributed by atoms with Gasteiger partial charge in [-0.3, -0.25) is 0 Å². The highest BCUT2D eigenvalue weighted by Crippen LogP contribution is 2.32. The van der Waals surface area contributed by atoms with Crippen molar-refractivity contribution in [2.45, 2.75) is 31.2 Å². The molecule has 1 aromatic carbocycles. The topological polar surface area (TPSA) is 63.4 Å². The average molecular weight is 347 g/mol. The highest BCUT2D eigenvalue weighted by atomic mass is 79.9. The molecule has 1 fully saturated rings. The Balaban J connectivity index is 2.37. The Labute approximate surface area is 123 Å². The second-order valence-electron chi connectivity index (χ2n) is 5.20. The van der Waals surface area contributed by atoms with Crippen LogP contribution in [-0.4, -0.2) is 31.9 Å². The van der Waals surface area contributed by atoms with Crippen molar-refractivity contribution in [3.8, 4) is 0 Å².